The number of fused-ring (bicyclic) bond motifs is 1. The third-order valence-electron chi connectivity index (χ3n) is 6.25. The largest absolute Gasteiger partial charge is 0.378 e. The lowest BCUT2D eigenvalue weighted by atomic mass is 9.97. The molecule has 0 spiro atoms. The highest BCUT2D eigenvalue weighted by molar-refractivity contribution is 7.89. The molecule has 0 bridgehead atoms. The minimum absolute atomic E-state index is 0.0532. The molecule has 33 heavy (non-hydrogen) atoms. The predicted molar refractivity (Wildman–Crippen MR) is 128 cm³/mol. The van der Waals surface area contributed by atoms with E-state index in [1.165, 1.54) is 12.1 Å². The molecule has 2 N–H and O–H groups in total. The van der Waals surface area contributed by atoms with Gasteiger partial charge in [0, 0.05) is 37.8 Å². The number of benzene rings is 2. The number of piperidine rings is 1. The van der Waals surface area contributed by atoms with Crippen molar-refractivity contribution in [3.63, 3.8) is 0 Å². The predicted octanol–water partition coefficient (Wildman–Crippen LogP) is 2.80. The van der Waals surface area contributed by atoms with Crippen molar-refractivity contribution in [2.75, 3.05) is 44.3 Å². The van der Waals surface area contributed by atoms with Crippen LogP contribution in [-0.2, 0) is 14.8 Å². The Morgan fingerprint density at radius 2 is 1.91 bits per heavy atom. The molecule has 2 fully saturated rings. The van der Waals surface area contributed by atoms with Crippen LogP contribution in [0.25, 0.3) is 10.2 Å². The third kappa shape index (κ3) is 4.61. The molecular formula is C23H26N4O4S2. The molecule has 5 rings (SSSR count). The summed E-state index contributed by atoms with van der Waals surface area (Å²) in [6.45, 7) is 3.60. The molecule has 2 aromatic carbocycles. The number of carbonyl (C=O) groups is 1. The van der Waals surface area contributed by atoms with E-state index in [2.05, 4.69) is 11.0 Å². The van der Waals surface area contributed by atoms with Crippen LogP contribution in [0.15, 0.2) is 47.4 Å². The molecule has 3 aromatic rings. The second-order valence-electron chi connectivity index (χ2n) is 8.43. The number of nitrogens with zero attached hydrogens (tertiary/aromatic N) is 3. The van der Waals surface area contributed by atoms with Gasteiger partial charge >= 0.3 is 0 Å². The summed E-state index contributed by atoms with van der Waals surface area (Å²) in [6.07, 6.45) is 1.84. The van der Waals surface area contributed by atoms with Crippen molar-refractivity contribution < 1.29 is 17.9 Å². The Hall–Kier alpha value is -2.53. The van der Waals surface area contributed by atoms with Crippen molar-refractivity contribution in [1.82, 2.24) is 9.88 Å². The van der Waals surface area contributed by atoms with Gasteiger partial charge in [0.1, 0.15) is 0 Å². The standard InChI is InChI=1S/C23H26N4O4S2/c24-33(29,30)17-7-8-20(26-10-12-31-13-11-26)18(14-17)23(28)27-9-3-4-16(15-27)22-25-19-5-1-2-6-21(19)32-22/h1-2,5-8,14,16H,3-4,9-13,15H2,(H2,24,29,30)/t16-/m0/s1. The Morgan fingerprint density at radius 1 is 1.12 bits per heavy atom. The first-order valence-corrected chi connectivity index (χ1v) is 13.4. The van der Waals surface area contributed by atoms with Crippen LogP contribution in [0.2, 0.25) is 0 Å². The van der Waals surface area contributed by atoms with Crippen molar-refractivity contribution in [1.29, 1.82) is 0 Å². The van der Waals surface area contributed by atoms with Gasteiger partial charge in [-0.25, -0.2) is 18.5 Å². The molecule has 1 amide bonds. The Bertz CT molecular complexity index is 1250. The fourth-order valence-corrected chi connectivity index (χ4v) is 6.17. The number of aromatic nitrogens is 1. The maximum absolute atomic E-state index is 13.7. The molecule has 3 heterocycles. The molecule has 0 radical (unpaired) electrons. The number of morpholine rings is 1. The summed E-state index contributed by atoms with van der Waals surface area (Å²) in [5.74, 6) is -0.0128. The van der Waals surface area contributed by atoms with Gasteiger partial charge in [-0.3, -0.25) is 4.79 Å². The molecule has 1 aromatic heterocycles. The van der Waals surface area contributed by atoms with Crippen LogP contribution >= 0.6 is 11.3 Å². The number of rotatable bonds is 4. The first kappa shape index (κ1) is 22.3. The van der Waals surface area contributed by atoms with E-state index in [9.17, 15) is 13.2 Å². The SMILES string of the molecule is NS(=O)(=O)c1ccc(N2CCOCC2)c(C(=O)N2CCC[C@H](c3nc4ccccc4s3)C2)c1. The number of amides is 1. The number of thiazole rings is 1. The number of ether oxygens (including phenoxy) is 1. The molecule has 0 aliphatic carbocycles. The van der Waals surface area contributed by atoms with E-state index < -0.39 is 10.0 Å². The highest BCUT2D eigenvalue weighted by atomic mass is 32.2. The molecule has 174 valence electrons. The van der Waals surface area contributed by atoms with Crippen LogP contribution < -0.4 is 10.0 Å². The summed E-state index contributed by atoms with van der Waals surface area (Å²) in [6, 6.07) is 12.6. The van der Waals surface area contributed by atoms with E-state index in [-0.39, 0.29) is 16.7 Å². The molecule has 10 heteroatoms. The van der Waals surface area contributed by atoms with Crippen molar-refractivity contribution in [3.8, 4) is 0 Å². The molecule has 8 nitrogen and oxygen atoms in total. The zero-order chi connectivity index (χ0) is 23.0. The average Bonchev–Trinajstić information content (AvgIpc) is 3.28. The summed E-state index contributed by atoms with van der Waals surface area (Å²) >= 11 is 1.68. The normalized spacial score (nSPS) is 19.7. The minimum atomic E-state index is -3.93. The topological polar surface area (TPSA) is 106 Å². The van der Waals surface area contributed by atoms with Crippen molar-refractivity contribution in [2.24, 2.45) is 5.14 Å². The lowest BCUT2D eigenvalue weighted by Crippen LogP contribution is -2.41. The number of anilines is 1. The Morgan fingerprint density at radius 3 is 2.67 bits per heavy atom. The highest BCUT2D eigenvalue weighted by Crippen LogP contribution is 2.34. The van der Waals surface area contributed by atoms with Gasteiger partial charge in [0.05, 0.1) is 38.9 Å². The number of nitrogens with two attached hydrogens (primary N) is 1. The average molecular weight is 487 g/mol. The first-order chi connectivity index (χ1) is 15.9. The summed E-state index contributed by atoms with van der Waals surface area (Å²) in [5, 5.41) is 6.42. The lowest BCUT2D eigenvalue weighted by molar-refractivity contribution is 0.0706. The number of primary sulfonamides is 1. The summed E-state index contributed by atoms with van der Waals surface area (Å²) in [4.78, 5) is 22.4. The molecule has 2 aliphatic rings. The maximum atomic E-state index is 13.7. The van der Waals surface area contributed by atoms with Gasteiger partial charge in [-0.2, -0.15) is 0 Å². The third-order valence-corrected chi connectivity index (χ3v) is 8.36. The Kier molecular flexibility index (Phi) is 6.09. The van der Waals surface area contributed by atoms with Crippen LogP contribution in [0.5, 0.6) is 0 Å². The van der Waals surface area contributed by atoms with Crippen LogP contribution in [0, 0.1) is 0 Å². The Balaban J connectivity index is 1.45. The molecule has 0 unspecified atom stereocenters. The van der Waals surface area contributed by atoms with E-state index >= 15 is 0 Å². The summed E-state index contributed by atoms with van der Waals surface area (Å²) in [7, 11) is -3.93. The van der Waals surface area contributed by atoms with E-state index in [1.54, 1.807) is 17.4 Å². The van der Waals surface area contributed by atoms with Gasteiger partial charge in [-0.1, -0.05) is 12.1 Å². The van der Waals surface area contributed by atoms with E-state index in [4.69, 9.17) is 14.9 Å². The fraction of sp³-hybridized carbons (Fsp3) is 0.391. The van der Waals surface area contributed by atoms with Crippen LogP contribution in [0.3, 0.4) is 0 Å². The van der Waals surface area contributed by atoms with Crippen LogP contribution in [-0.4, -0.2) is 63.6 Å². The number of hydrogen-bond acceptors (Lipinski definition) is 7. The van der Waals surface area contributed by atoms with Crippen molar-refractivity contribution in [2.45, 2.75) is 23.7 Å². The van der Waals surface area contributed by atoms with E-state index in [1.807, 2.05) is 23.1 Å². The molecule has 1 atom stereocenters. The van der Waals surface area contributed by atoms with E-state index in [0.717, 1.165) is 33.8 Å². The zero-order valence-electron chi connectivity index (χ0n) is 18.1. The smallest absolute Gasteiger partial charge is 0.256 e. The number of sulfonamides is 1. The molecule has 2 saturated heterocycles. The zero-order valence-corrected chi connectivity index (χ0v) is 19.8. The van der Waals surface area contributed by atoms with Gasteiger partial charge in [-0.15, -0.1) is 11.3 Å². The van der Waals surface area contributed by atoms with Crippen molar-refractivity contribution in [3.05, 3.63) is 53.0 Å². The van der Waals surface area contributed by atoms with E-state index in [0.29, 0.717) is 45.0 Å². The van der Waals surface area contributed by atoms with Crippen LogP contribution in [0.4, 0.5) is 5.69 Å². The lowest BCUT2D eigenvalue weighted by Gasteiger charge is -2.34. The molecular weight excluding hydrogens is 460 g/mol. The van der Waals surface area contributed by atoms with Crippen molar-refractivity contribution >= 4 is 43.2 Å². The number of para-hydroxylation sites is 1. The molecule has 2 aliphatic heterocycles. The number of hydrogen-bond donors (Lipinski definition) is 1. The number of likely N-dealkylation sites (tertiary alicyclic amines) is 1. The Labute approximate surface area is 197 Å². The van der Waals surface area contributed by atoms with Gasteiger partial charge < -0.3 is 14.5 Å². The summed E-state index contributed by atoms with van der Waals surface area (Å²) in [5.41, 5.74) is 2.07. The first-order valence-electron chi connectivity index (χ1n) is 11.0. The number of carbonyl (C=O) groups excluding carboxylic acids is 1. The van der Waals surface area contributed by atoms with Gasteiger partial charge in [0.15, 0.2) is 0 Å². The van der Waals surface area contributed by atoms with Gasteiger partial charge in [0.2, 0.25) is 10.0 Å². The highest BCUT2D eigenvalue weighted by Gasteiger charge is 2.30. The fourth-order valence-electron chi connectivity index (χ4n) is 4.54. The van der Waals surface area contributed by atoms with Gasteiger partial charge in [0.25, 0.3) is 5.91 Å². The second kappa shape index (κ2) is 9.02. The summed E-state index contributed by atoms with van der Waals surface area (Å²) < 4.78 is 30.6. The monoisotopic (exact) mass is 486 g/mol. The van der Waals surface area contributed by atoms with Gasteiger partial charge in [-0.05, 0) is 43.2 Å². The quantitative estimate of drug-likeness (QED) is 0.608. The maximum Gasteiger partial charge on any atom is 0.256 e. The minimum Gasteiger partial charge on any atom is -0.378 e. The molecule has 0 saturated carbocycles. The second-order valence-corrected chi connectivity index (χ2v) is 11.1. The van der Waals surface area contributed by atoms with Crippen LogP contribution in [0.1, 0.15) is 34.1 Å².